The zero-order valence-electron chi connectivity index (χ0n) is 12.0. The van der Waals surface area contributed by atoms with E-state index < -0.39 is 0 Å². The van der Waals surface area contributed by atoms with Gasteiger partial charge >= 0.3 is 0 Å². The van der Waals surface area contributed by atoms with Crippen molar-refractivity contribution in [3.63, 3.8) is 0 Å². The number of nitrogens with zero attached hydrogens (tertiary/aromatic N) is 2. The van der Waals surface area contributed by atoms with E-state index in [9.17, 15) is 4.39 Å². The van der Waals surface area contributed by atoms with Gasteiger partial charge in [0.05, 0.1) is 11.4 Å². The fraction of sp³-hybridized carbons (Fsp3) is 0.118. The number of rotatable bonds is 3. The van der Waals surface area contributed by atoms with Crippen molar-refractivity contribution in [1.29, 1.82) is 0 Å². The van der Waals surface area contributed by atoms with Gasteiger partial charge in [0.15, 0.2) is 4.80 Å². The first-order valence-electron chi connectivity index (χ1n) is 6.92. The smallest absolute Gasteiger partial charge is 0.190 e. The average Bonchev–Trinajstić information content (AvgIpc) is 2.93. The molecule has 22 heavy (non-hydrogen) atoms. The second-order valence-corrected chi connectivity index (χ2v) is 6.02. The molecular weight excluding hydrogens is 319 g/mol. The van der Waals surface area contributed by atoms with E-state index in [1.54, 1.807) is 23.5 Å². The van der Waals surface area contributed by atoms with Gasteiger partial charge < -0.3 is 4.57 Å². The van der Waals surface area contributed by atoms with E-state index in [2.05, 4.69) is 16.5 Å². The van der Waals surface area contributed by atoms with Crippen molar-refractivity contribution >= 4 is 28.6 Å². The molecule has 1 aromatic heterocycles. The molecule has 0 unspecified atom stereocenters. The molecule has 3 rings (SSSR count). The van der Waals surface area contributed by atoms with Crippen molar-refractivity contribution in [2.75, 3.05) is 0 Å². The van der Waals surface area contributed by atoms with Crippen molar-refractivity contribution in [2.24, 2.45) is 4.99 Å². The highest BCUT2D eigenvalue weighted by Gasteiger charge is 2.07. The molecule has 112 valence electrons. The van der Waals surface area contributed by atoms with Gasteiger partial charge in [0.1, 0.15) is 5.82 Å². The van der Waals surface area contributed by atoms with Crippen molar-refractivity contribution in [1.82, 2.24) is 4.57 Å². The van der Waals surface area contributed by atoms with Gasteiger partial charge in [0.25, 0.3) is 0 Å². The second-order valence-electron chi connectivity index (χ2n) is 4.74. The maximum absolute atomic E-state index is 13.1. The lowest BCUT2D eigenvalue weighted by atomic mass is 10.2. The molecule has 2 aromatic carbocycles. The first-order chi connectivity index (χ1) is 10.7. The fourth-order valence-corrected chi connectivity index (χ4v) is 3.32. The first kappa shape index (κ1) is 15.0. The molecule has 0 saturated heterocycles. The summed E-state index contributed by atoms with van der Waals surface area (Å²) >= 11 is 7.46. The van der Waals surface area contributed by atoms with Crippen LogP contribution in [0.4, 0.5) is 10.1 Å². The third-order valence-corrected chi connectivity index (χ3v) is 4.42. The number of thiazole rings is 1. The molecule has 5 heteroatoms. The maximum Gasteiger partial charge on any atom is 0.190 e. The molecule has 0 aliphatic heterocycles. The van der Waals surface area contributed by atoms with Gasteiger partial charge in [-0.1, -0.05) is 11.6 Å². The minimum Gasteiger partial charge on any atom is -0.317 e. The Labute approximate surface area is 137 Å². The largest absolute Gasteiger partial charge is 0.317 e. The molecule has 0 atom stereocenters. The van der Waals surface area contributed by atoms with E-state index in [0.717, 1.165) is 28.3 Å². The highest BCUT2D eigenvalue weighted by molar-refractivity contribution is 7.07. The summed E-state index contributed by atoms with van der Waals surface area (Å²) in [5, 5.41) is 2.74. The van der Waals surface area contributed by atoms with Gasteiger partial charge in [-0.05, 0) is 61.0 Å². The van der Waals surface area contributed by atoms with Gasteiger partial charge in [0.2, 0.25) is 0 Å². The predicted octanol–water partition coefficient (Wildman–Crippen LogP) is 5.26. The molecule has 0 aliphatic carbocycles. The average molecular weight is 333 g/mol. The third-order valence-electron chi connectivity index (χ3n) is 3.31. The topological polar surface area (TPSA) is 17.3 Å². The molecule has 0 fully saturated rings. The Kier molecular flexibility index (Phi) is 4.41. The van der Waals surface area contributed by atoms with Crippen molar-refractivity contribution < 1.29 is 4.39 Å². The fourth-order valence-electron chi connectivity index (χ4n) is 2.20. The zero-order valence-corrected chi connectivity index (χ0v) is 13.5. The molecule has 2 nitrogen and oxygen atoms in total. The quantitative estimate of drug-likeness (QED) is 0.622. The number of benzene rings is 2. The van der Waals surface area contributed by atoms with Crippen molar-refractivity contribution in [3.8, 4) is 11.3 Å². The van der Waals surface area contributed by atoms with Crippen LogP contribution in [0.3, 0.4) is 0 Å². The summed E-state index contributed by atoms with van der Waals surface area (Å²) in [4.78, 5) is 5.57. The first-order valence-corrected chi connectivity index (χ1v) is 8.17. The molecule has 0 N–H and O–H groups in total. The second kappa shape index (κ2) is 6.46. The van der Waals surface area contributed by atoms with E-state index >= 15 is 0 Å². The Morgan fingerprint density at radius 2 is 1.77 bits per heavy atom. The van der Waals surface area contributed by atoms with Crippen LogP contribution in [-0.2, 0) is 6.54 Å². The Hall–Kier alpha value is -1.91. The van der Waals surface area contributed by atoms with Crippen LogP contribution in [-0.4, -0.2) is 4.57 Å². The highest BCUT2D eigenvalue weighted by atomic mass is 35.5. The van der Waals surface area contributed by atoms with Crippen LogP contribution in [0.2, 0.25) is 5.02 Å². The Morgan fingerprint density at radius 1 is 1.09 bits per heavy atom. The summed E-state index contributed by atoms with van der Waals surface area (Å²) < 4.78 is 15.2. The zero-order chi connectivity index (χ0) is 15.5. The normalized spacial score (nSPS) is 11.9. The Balaban J connectivity index is 2.07. The number of hydrogen-bond donors (Lipinski definition) is 0. The maximum atomic E-state index is 13.1. The van der Waals surface area contributed by atoms with Gasteiger partial charge in [-0.25, -0.2) is 9.38 Å². The summed E-state index contributed by atoms with van der Waals surface area (Å²) in [7, 11) is 0. The summed E-state index contributed by atoms with van der Waals surface area (Å²) in [6, 6.07) is 14.0. The standard InChI is InChI=1S/C17H14ClFN2S/c1-2-21-16(12-3-7-14(19)8-4-12)11-22-17(21)20-15-9-5-13(18)6-10-15/h3-11H,2H2,1H3. The van der Waals surface area contributed by atoms with Crippen molar-refractivity contribution in [2.45, 2.75) is 13.5 Å². The van der Waals surface area contributed by atoms with Gasteiger partial charge in [-0.15, -0.1) is 11.3 Å². The van der Waals surface area contributed by atoms with E-state index in [-0.39, 0.29) is 5.82 Å². The minimum absolute atomic E-state index is 0.229. The van der Waals surface area contributed by atoms with Crippen LogP contribution < -0.4 is 4.80 Å². The van der Waals surface area contributed by atoms with Crippen LogP contribution in [0.25, 0.3) is 11.3 Å². The van der Waals surface area contributed by atoms with Crippen molar-refractivity contribution in [3.05, 3.63) is 69.6 Å². The molecule has 0 aliphatic rings. The van der Waals surface area contributed by atoms with E-state index in [4.69, 9.17) is 11.6 Å². The molecule has 0 spiro atoms. The lowest BCUT2D eigenvalue weighted by Gasteiger charge is -2.06. The van der Waals surface area contributed by atoms with Crippen LogP contribution >= 0.6 is 22.9 Å². The molecule has 3 aromatic rings. The highest BCUT2D eigenvalue weighted by Crippen LogP contribution is 2.21. The van der Waals surface area contributed by atoms with E-state index in [1.807, 2.05) is 29.6 Å². The predicted molar refractivity (Wildman–Crippen MR) is 90.1 cm³/mol. The van der Waals surface area contributed by atoms with E-state index in [0.29, 0.717) is 5.02 Å². The summed E-state index contributed by atoms with van der Waals surface area (Å²) in [5.74, 6) is -0.229. The van der Waals surface area contributed by atoms with Crippen LogP contribution in [0.15, 0.2) is 58.9 Å². The van der Waals surface area contributed by atoms with Crippen LogP contribution in [0, 0.1) is 5.82 Å². The summed E-state index contributed by atoms with van der Waals surface area (Å²) in [6.45, 7) is 2.86. The number of hydrogen-bond acceptors (Lipinski definition) is 2. The Morgan fingerprint density at radius 3 is 2.41 bits per heavy atom. The molecule has 0 bridgehead atoms. The lowest BCUT2D eigenvalue weighted by molar-refractivity contribution is 0.628. The van der Waals surface area contributed by atoms with E-state index in [1.165, 1.54) is 12.1 Å². The molecule has 1 heterocycles. The molecule has 0 amide bonds. The minimum atomic E-state index is -0.229. The van der Waals surface area contributed by atoms with Gasteiger partial charge in [-0.3, -0.25) is 0 Å². The summed E-state index contributed by atoms with van der Waals surface area (Å²) in [6.07, 6.45) is 0. The summed E-state index contributed by atoms with van der Waals surface area (Å²) in [5.41, 5.74) is 2.89. The third kappa shape index (κ3) is 3.13. The number of aromatic nitrogens is 1. The van der Waals surface area contributed by atoms with Crippen LogP contribution in [0.5, 0.6) is 0 Å². The van der Waals surface area contributed by atoms with Crippen LogP contribution in [0.1, 0.15) is 6.92 Å². The lowest BCUT2D eigenvalue weighted by Crippen LogP contribution is -2.14. The van der Waals surface area contributed by atoms with Gasteiger partial charge in [0, 0.05) is 16.9 Å². The molecular formula is C17H14ClFN2S. The SMILES string of the molecule is CCn1c(-c2ccc(F)cc2)csc1=Nc1ccc(Cl)cc1. The Bertz CT molecular complexity index is 832. The molecule has 0 saturated carbocycles. The number of halogens is 2. The van der Waals surface area contributed by atoms with Gasteiger partial charge in [-0.2, -0.15) is 0 Å². The monoisotopic (exact) mass is 332 g/mol. The molecule has 0 radical (unpaired) electrons.